The normalized spacial score (nSPS) is 15.0. The Morgan fingerprint density at radius 1 is 1.19 bits per heavy atom. The highest BCUT2D eigenvalue weighted by atomic mass is 32.2. The fourth-order valence-corrected chi connectivity index (χ4v) is 3.63. The van der Waals surface area contributed by atoms with Gasteiger partial charge in [0.15, 0.2) is 0 Å². The Bertz CT molecular complexity index is 726. The van der Waals surface area contributed by atoms with Crippen LogP contribution >= 0.6 is 11.8 Å². The molecule has 2 aromatic rings. The lowest BCUT2D eigenvalue weighted by atomic mass is 9.96. The third kappa shape index (κ3) is 5.11. The van der Waals surface area contributed by atoms with Crippen LogP contribution in [0.3, 0.4) is 0 Å². The number of hydrogen-bond acceptors (Lipinski definition) is 4. The molecule has 0 unspecified atom stereocenters. The molecule has 0 atom stereocenters. The van der Waals surface area contributed by atoms with E-state index in [0.717, 1.165) is 17.7 Å². The number of likely N-dealkylation sites (tertiary alicyclic amines) is 1. The molecule has 2 heterocycles. The first-order valence-electron chi connectivity index (χ1n) is 8.58. The average Bonchev–Trinajstić information content (AvgIpc) is 3.20. The van der Waals surface area contributed by atoms with E-state index in [4.69, 9.17) is 4.42 Å². The largest absolute Gasteiger partial charge is 0.472 e. The van der Waals surface area contributed by atoms with Crippen LogP contribution in [0.1, 0.15) is 23.2 Å². The van der Waals surface area contributed by atoms with Crippen molar-refractivity contribution in [3.8, 4) is 0 Å². The van der Waals surface area contributed by atoms with Gasteiger partial charge < -0.3 is 14.6 Å². The molecule has 0 radical (unpaired) electrons. The van der Waals surface area contributed by atoms with Crippen LogP contribution < -0.4 is 5.32 Å². The van der Waals surface area contributed by atoms with E-state index >= 15 is 0 Å². The Kier molecular flexibility index (Phi) is 6.33. The zero-order valence-electron chi connectivity index (χ0n) is 14.3. The summed E-state index contributed by atoms with van der Waals surface area (Å²) in [6, 6.07) is 7.78. The van der Waals surface area contributed by atoms with E-state index in [1.54, 1.807) is 18.2 Å². The van der Waals surface area contributed by atoms with Crippen LogP contribution in [0.4, 0.5) is 4.39 Å². The lowest BCUT2D eigenvalue weighted by molar-refractivity contribution is -0.118. The first-order valence-corrected chi connectivity index (χ1v) is 9.57. The number of piperidine rings is 1. The standard InChI is InChI=1S/C19H21FN2O3S/c20-16-1-3-17(4-2-16)26-13-18(23)21-11-14-5-8-22(9-6-14)19(24)15-7-10-25-12-15/h1-4,7,10,12,14H,5-6,8-9,11,13H2,(H,21,23). The van der Waals surface area contributed by atoms with Crippen LogP contribution in [0.2, 0.25) is 0 Å². The Labute approximate surface area is 155 Å². The SMILES string of the molecule is O=C(CSc1ccc(F)cc1)NCC1CCN(C(=O)c2ccoc2)CC1. The van der Waals surface area contributed by atoms with Crippen LogP contribution in [-0.4, -0.2) is 42.1 Å². The maximum Gasteiger partial charge on any atom is 0.257 e. The summed E-state index contributed by atoms with van der Waals surface area (Å²) < 4.78 is 17.8. The maximum atomic E-state index is 12.9. The molecule has 0 saturated carbocycles. The molecule has 0 bridgehead atoms. The predicted molar refractivity (Wildman–Crippen MR) is 97.5 cm³/mol. The minimum atomic E-state index is -0.281. The Morgan fingerprint density at radius 2 is 1.92 bits per heavy atom. The van der Waals surface area contributed by atoms with E-state index in [9.17, 15) is 14.0 Å². The van der Waals surface area contributed by atoms with Crippen molar-refractivity contribution in [2.75, 3.05) is 25.4 Å². The van der Waals surface area contributed by atoms with Crippen molar-refractivity contribution in [1.82, 2.24) is 10.2 Å². The van der Waals surface area contributed by atoms with Crippen molar-refractivity contribution in [3.05, 3.63) is 54.2 Å². The van der Waals surface area contributed by atoms with Gasteiger partial charge in [0.05, 0.1) is 17.6 Å². The fourth-order valence-electron chi connectivity index (χ4n) is 2.90. The van der Waals surface area contributed by atoms with Crippen LogP contribution in [-0.2, 0) is 4.79 Å². The Hall–Kier alpha value is -2.28. The van der Waals surface area contributed by atoms with E-state index in [0.29, 0.717) is 36.9 Å². The lowest BCUT2D eigenvalue weighted by Crippen LogP contribution is -2.41. The third-order valence-electron chi connectivity index (χ3n) is 4.44. The highest BCUT2D eigenvalue weighted by Gasteiger charge is 2.24. The monoisotopic (exact) mass is 376 g/mol. The molecule has 26 heavy (non-hydrogen) atoms. The molecule has 138 valence electrons. The van der Waals surface area contributed by atoms with Crippen LogP contribution in [0.25, 0.3) is 0 Å². The summed E-state index contributed by atoms with van der Waals surface area (Å²) in [5.41, 5.74) is 0.578. The molecule has 1 N–H and O–H groups in total. The third-order valence-corrected chi connectivity index (χ3v) is 5.45. The zero-order valence-corrected chi connectivity index (χ0v) is 15.1. The molecular weight excluding hydrogens is 355 g/mol. The van der Waals surface area contributed by atoms with Gasteiger partial charge in [-0.2, -0.15) is 0 Å². The van der Waals surface area contributed by atoms with Crippen LogP contribution in [0, 0.1) is 11.7 Å². The van der Waals surface area contributed by atoms with E-state index in [1.807, 2.05) is 4.90 Å². The second-order valence-corrected chi connectivity index (χ2v) is 7.34. The van der Waals surface area contributed by atoms with Crippen molar-refractivity contribution in [2.45, 2.75) is 17.7 Å². The minimum Gasteiger partial charge on any atom is -0.472 e. The lowest BCUT2D eigenvalue weighted by Gasteiger charge is -2.31. The van der Waals surface area contributed by atoms with E-state index in [-0.39, 0.29) is 17.6 Å². The summed E-state index contributed by atoms with van der Waals surface area (Å²) in [5, 5.41) is 2.95. The number of amides is 2. The number of nitrogens with one attached hydrogen (secondary N) is 1. The first-order chi connectivity index (χ1) is 12.6. The van der Waals surface area contributed by atoms with Crippen LogP contribution in [0.5, 0.6) is 0 Å². The molecule has 2 amide bonds. The van der Waals surface area contributed by atoms with Gasteiger partial charge >= 0.3 is 0 Å². The molecule has 7 heteroatoms. The molecular formula is C19H21FN2O3S. The molecule has 5 nitrogen and oxygen atoms in total. The number of rotatable bonds is 6. The second kappa shape index (κ2) is 8.89. The molecule has 1 fully saturated rings. The number of carbonyl (C=O) groups excluding carboxylic acids is 2. The number of thioether (sulfide) groups is 1. The first kappa shape index (κ1) is 18.5. The average molecular weight is 376 g/mol. The van der Waals surface area contributed by atoms with Gasteiger partial charge in [0.1, 0.15) is 12.1 Å². The Morgan fingerprint density at radius 3 is 2.58 bits per heavy atom. The summed E-state index contributed by atoms with van der Waals surface area (Å²) in [7, 11) is 0. The van der Waals surface area contributed by atoms with Crippen LogP contribution in [0.15, 0.2) is 52.2 Å². The summed E-state index contributed by atoms with van der Waals surface area (Å²) in [4.78, 5) is 26.9. The number of furan rings is 1. The van der Waals surface area contributed by atoms with E-state index in [2.05, 4.69) is 5.32 Å². The van der Waals surface area contributed by atoms with Gasteiger partial charge in [-0.3, -0.25) is 9.59 Å². The highest BCUT2D eigenvalue weighted by molar-refractivity contribution is 8.00. The quantitative estimate of drug-likeness (QED) is 0.787. The maximum absolute atomic E-state index is 12.9. The zero-order chi connectivity index (χ0) is 18.4. The number of nitrogens with zero attached hydrogens (tertiary/aromatic N) is 1. The van der Waals surface area contributed by atoms with Crippen molar-refractivity contribution >= 4 is 23.6 Å². The smallest absolute Gasteiger partial charge is 0.257 e. The summed E-state index contributed by atoms with van der Waals surface area (Å²) in [6.07, 6.45) is 4.71. The summed E-state index contributed by atoms with van der Waals surface area (Å²) in [5.74, 6) is 0.372. The van der Waals surface area contributed by atoms with Crippen molar-refractivity contribution < 1.29 is 18.4 Å². The van der Waals surface area contributed by atoms with Crippen molar-refractivity contribution in [1.29, 1.82) is 0 Å². The van der Waals surface area contributed by atoms with Crippen molar-refractivity contribution in [3.63, 3.8) is 0 Å². The second-order valence-electron chi connectivity index (χ2n) is 6.29. The summed E-state index contributed by atoms with van der Waals surface area (Å²) in [6.45, 7) is 2.00. The molecule has 1 saturated heterocycles. The molecule has 0 aliphatic carbocycles. The van der Waals surface area contributed by atoms with Gasteiger partial charge in [-0.1, -0.05) is 0 Å². The van der Waals surface area contributed by atoms with Crippen molar-refractivity contribution in [2.24, 2.45) is 5.92 Å². The van der Waals surface area contributed by atoms with Gasteiger partial charge in [0.25, 0.3) is 5.91 Å². The van der Waals surface area contributed by atoms with Gasteiger partial charge in [-0.05, 0) is 49.1 Å². The molecule has 1 aliphatic heterocycles. The molecule has 3 rings (SSSR count). The van der Waals surface area contributed by atoms with Gasteiger partial charge in [-0.15, -0.1) is 11.8 Å². The minimum absolute atomic E-state index is 0.00284. The predicted octanol–water partition coefficient (Wildman–Crippen LogP) is 3.18. The molecule has 1 aliphatic rings. The van der Waals surface area contributed by atoms with E-state index < -0.39 is 0 Å². The van der Waals surface area contributed by atoms with E-state index in [1.165, 1.54) is 36.4 Å². The number of halogens is 1. The topological polar surface area (TPSA) is 62.6 Å². The highest BCUT2D eigenvalue weighted by Crippen LogP contribution is 2.20. The Balaban J connectivity index is 1.35. The molecule has 1 aromatic carbocycles. The number of hydrogen-bond donors (Lipinski definition) is 1. The number of carbonyl (C=O) groups is 2. The fraction of sp³-hybridized carbons (Fsp3) is 0.368. The molecule has 0 spiro atoms. The van der Waals surface area contributed by atoms with Gasteiger partial charge in [0.2, 0.25) is 5.91 Å². The molecule has 1 aromatic heterocycles. The van der Waals surface area contributed by atoms with Gasteiger partial charge in [-0.25, -0.2) is 4.39 Å². The van der Waals surface area contributed by atoms with Gasteiger partial charge in [0, 0.05) is 24.5 Å². The number of benzene rings is 1. The summed E-state index contributed by atoms with van der Waals surface area (Å²) >= 11 is 1.39.